The topological polar surface area (TPSA) is 76.4 Å². The number of nitrogens with zero attached hydrogens (tertiary/aromatic N) is 1. The average Bonchev–Trinajstić information content (AvgIpc) is 3.08. The van der Waals surface area contributed by atoms with E-state index in [-0.39, 0.29) is 12.6 Å². The summed E-state index contributed by atoms with van der Waals surface area (Å²) in [5, 5.41) is 9.78. The van der Waals surface area contributed by atoms with E-state index in [2.05, 4.69) is 22.6 Å². The SMILES string of the molecule is CCC#CCc1c(C)c2c(c(C#N)c1CC=C(C)CCC(=O)OC)C(=O)OC2. The first kappa shape index (κ1) is 21.3. The van der Waals surface area contributed by atoms with Crippen LogP contribution in [-0.4, -0.2) is 19.0 Å². The van der Waals surface area contributed by atoms with Crippen LogP contribution in [0.3, 0.4) is 0 Å². The van der Waals surface area contributed by atoms with Gasteiger partial charge in [0.05, 0.1) is 18.2 Å². The molecule has 0 atom stereocenters. The van der Waals surface area contributed by atoms with Gasteiger partial charge < -0.3 is 9.47 Å². The molecule has 1 heterocycles. The fourth-order valence-corrected chi connectivity index (χ4v) is 3.31. The Morgan fingerprint density at radius 2 is 2.04 bits per heavy atom. The lowest BCUT2D eigenvalue weighted by molar-refractivity contribution is -0.140. The zero-order valence-corrected chi connectivity index (χ0v) is 16.9. The van der Waals surface area contributed by atoms with Crippen LogP contribution in [0, 0.1) is 30.1 Å². The van der Waals surface area contributed by atoms with Gasteiger partial charge in [-0.05, 0) is 43.4 Å². The number of cyclic esters (lactones) is 1. The summed E-state index contributed by atoms with van der Waals surface area (Å²) in [4.78, 5) is 23.5. The second kappa shape index (κ2) is 9.76. The van der Waals surface area contributed by atoms with Crippen molar-refractivity contribution in [2.24, 2.45) is 0 Å². The Morgan fingerprint density at radius 3 is 2.68 bits per heavy atom. The molecular weight excluding hydrogens is 354 g/mol. The third-order valence-electron chi connectivity index (χ3n) is 4.96. The second-order valence-electron chi connectivity index (χ2n) is 6.71. The van der Waals surface area contributed by atoms with E-state index >= 15 is 0 Å². The smallest absolute Gasteiger partial charge is 0.340 e. The van der Waals surface area contributed by atoms with Gasteiger partial charge in [0.15, 0.2) is 0 Å². The zero-order valence-electron chi connectivity index (χ0n) is 16.9. The number of benzene rings is 1. The monoisotopic (exact) mass is 379 g/mol. The fourth-order valence-electron chi connectivity index (χ4n) is 3.31. The Balaban J connectivity index is 2.47. The normalized spacial score (nSPS) is 12.5. The minimum atomic E-state index is -0.437. The Hall–Kier alpha value is -3.05. The molecule has 0 N–H and O–H groups in total. The molecule has 28 heavy (non-hydrogen) atoms. The maximum atomic E-state index is 12.2. The van der Waals surface area contributed by atoms with Crippen molar-refractivity contribution in [1.29, 1.82) is 5.26 Å². The molecule has 0 saturated carbocycles. The van der Waals surface area contributed by atoms with Gasteiger partial charge in [0, 0.05) is 24.8 Å². The standard InChI is InChI=1S/C23H25NO4/c1-5-6-7-8-17-16(3)20-14-28-23(26)22(20)19(13-24)18(17)11-9-15(2)10-12-21(25)27-4/h9H,5,8,10-12,14H2,1-4H3. The molecule has 1 aliphatic rings. The highest BCUT2D eigenvalue weighted by molar-refractivity contribution is 5.97. The number of fused-ring (bicyclic) bond motifs is 1. The van der Waals surface area contributed by atoms with Crippen LogP contribution in [0.25, 0.3) is 0 Å². The number of carbonyl (C=O) groups excluding carboxylic acids is 2. The maximum Gasteiger partial charge on any atom is 0.340 e. The van der Waals surface area contributed by atoms with E-state index in [0.29, 0.717) is 36.8 Å². The van der Waals surface area contributed by atoms with Crippen molar-refractivity contribution in [3.63, 3.8) is 0 Å². The summed E-state index contributed by atoms with van der Waals surface area (Å²) in [6.45, 7) is 6.10. The number of hydrogen-bond acceptors (Lipinski definition) is 5. The van der Waals surface area contributed by atoms with Crippen molar-refractivity contribution in [2.45, 2.75) is 59.5 Å². The molecule has 0 amide bonds. The molecule has 0 spiro atoms. The molecule has 1 aromatic rings. The molecule has 2 rings (SSSR count). The first-order valence-electron chi connectivity index (χ1n) is 9.37. The molecule has 0 radical (unpaired) electrons. The number of allylic oxidation sites excluding steroid dienone is 2. The van der Waals surface area contributed by atoms with Gasteiger partial charge >= 0.3 is 11.9 Å². The number of rotatable bonds is 6. The van der Waals surface area contributed by atoms with Crippen molar-refractivity contribution in [1.82, 2.24) is 0 Å². The van der Waals surface area contributed by atoms with Crippen LogP contribution in [0.4, 0.5) is 0 Å². The van der Waals surface area contributed by atoms with Crippen molar-refractivity contribution >= 4 is 11.9 Å². The molecule has 5 heteroatoms. The van der Waals surface area contributed by atoms with Gasteiger partial charge in [-0.3, -0.25) is 4.79 Å². The van der Waals surface area contributed by atoms with Gasteiger partial charge in [0.1, 0.15) is 12.7 Å². The number of methoxy groups -OCH3 is 1. The highest BCUT2D eigenvalue weighted by Gasteiger charge is 2.31. The summed E-state index contributed by atoms with van der Waals surface area (Å²) in [5.74, 6) is 5.54. The molecule has 0 aliphatic carbocycles. The molecule has 146 valence electrons. The molecule has 0 fully saturated rings. The molecule has 1 aliphatic heterocycles. The third-order valence-corrected chi connectivity index (χ3v) is 4.96. The Bertz CT molecular complexity index is 923. The summed E-state index contributed by atoms with van der Waals surface area (Å²) in [5.41, 5.74) is 5.38. The first-order valence-corrected chi connectivity index (χ1v) is 9.37. The van der Waals surface area contributed by atoms with Gasteiger partial charge in [-0.1, -0.05) is 24.5 Å². The summed E-state index contributed by atoms with van der Waals surface area (Å²) in [6.07, 6.45) is 4.70. The Morgan fingerprint density at radius 1 is 1.29 bits per heavy atom. The van der Waals surface area contributed by atoms with E-state index in [1.807, 2.05) is 26.8 Å². The molecule has 5 nitrogen and oxygen atoms in total. The van der Waals surface area contributed by atoms with E-state index in [9.17, 15) is 14.9 Å². The number of carbonyl (C=O) groups is 2. The summed E-state index contributed by atoms with van der Waals surface area (Å²) in [7, 11) is 1.37. The first-order chi connectivity index (χ1) is 13.4. The van der Waals surface area contributed by atoms with Gasteiger partial charge in [-0.25, -0.2) is 4.79 Å². The highest BCUT2D eigenvalue weighted by atomic mass is 16.5. The van der Waals surface area contributed by atoms with E-state index in [1.165, 1.54) is 7.11 Å². The van der Waals surface area contributed by atoms with Crippen LogP contribution in [-0.2, 0) is 33.7 Å². The van der Waals surface area contributed by atoms with E-state index < -0.39 is 5.97 Å². The van der Waals surface area contributed by atoms with Crippen LogP contribution in [0.1, 0.15) is 71.3 Å². The zero-order chi connectivity index (χ0) is 20.7. The van der Waals surface area contributed by atoms with Crippen molar-refractivity contribution < 1.29 is 19.1 Å². The summed E-state index contributed by atoms with van der Waals surface area (Å²) in [6, 6.07) is 2.22. The van der Waals surface area contributed by atoms with Crippen LogP contribution >= 0.6 is 0 Å². The average molecular weight is 379 g/mol. The van der Waals surface area contributed by atoms with Crippen LogP contribution in [0.2, 0.25) is 0 Å². The largest absolute Gasteiger partial charge is 0.469 e. The van der Waals surface area contributed by atoms with Gasteiger partial charge in [0.2, 0.25) is 0 Å². The van der Waals surface area contributed by atoms with Crippen LogP contribution in [0.15, 0.2) is 11.6 Å². The lowest BCUT2D eigenvalue weighted by atomic mass is 9.85. The van der Waals surface area contributed by atoms with Crippen LogP contribution in [0.5, 0.6) is 0 Å². The van der Waals surface area contributed by atoms with Crippen molar-refractivity contribution in [2.75, 3.05) is 7.11 Å². The van der Waals surface area contributed by atoms with Gasteiger partial charge in [-0.2, -0.15) is 5.26 Å². The number of esters is 2. The number of ether oxygens (including phenoxy) is 2. The minimum absolute atomic E-state index is 0.206. The van der Waals surface area contributed by atoms with E-state index in [4.69, 9.17) is 4.74 Å². The van der Waals surface area contributed by atoms with E-state index in [1.54, 1.807) is 0 Å². The second-order valence-corrected chi connectivity index (χ2v) is 6.71. The fraction of sp³-hybridized carbons (Fsp3) is 0.435. The predicted molar refractivity (Wildman–Crippen MR) is 105 cm³/mol. The van der Waals surface area contributed by atoms with Crippen molar-refractivity contribution in [3.05, 3.63) is 45.0 Å². The number of nitriles is 1. The van der Waals surface area contributed by atoms with E-state index in [0.717, 1.165) is 34.2 Å². The Kier molecular flexibility index (Phi) is 7.41. The molecule has 0 saturated heterocycles. The Labute approximate surface area is 166 Å². The predicted octanol–water partition coefficient (Wildman–Crippen LogP) is 3.94. The lowest BCUT2D eigenvalue weighted by Gasteiger charge is -2.15. The summed E-state index contributed by atoms with van der Waals surface area (Å²) >= 11 is 0. The summed E-state index contributed by atoms with van der Waals surface area (Å²) < 4.78 is 9.87. The molecule has 0 aromatic heterocycles. The molecular formula is C23H25NO4. The number of hydrogen-bond donors (Lipinski definition) is 0. The third kappa shape index (κ3) is 4.61. The van der Waals surface area contributed by atoms with Crippen LogP contribution < -0.4 is 0 Å². The maximum absolute atomic E-state index is 12.2. The highest BCUT2D eigenvalue weighted by Crippen LogP contribution is 2.33. The van der Waals surface area contributed by atoms with Gasteiger partial charge in [0.25, 0.3) is 0 Å². The van der Waals surface area contributed by atoms with Crippen molar-refractivity contribution in [3.8, 4) is 17.9 Å². The lowest BCUT2D eigenvalue weighted by Crippen LogP contribution is -2.09. The van der Waals surface area contributed by atoms with Gasteiger partial charge in [-0.15, -0.1) is 5.92 Å². The molecule has 0 bridgehead atoms. The quantitative estimate of drug-likeness (QED) is 0.425. The molecule has 0 unspecified atom stereocenters. The molecule has 1 aromatic carbocycles. The minimum Gasteiger partial charge on any atom is -0.469 e.